The fourth-order valence-electron chi connectivity index (χ4n) is 2.06. The highest BCUT2D eigenvalue weighted by atomic mass is 79.9. The number of ether oxygens (including phenoxy) is 1. The maximum atomic E-state index is 11.1. The molecule has 134 valence electrons. The number of rotatable bonds is 5. The van der Waals surface area contributed by atoms with E-state index in [9.17, 15) is 4.79 Å². The Morgan fingerprint density at radius 3 is 2.81 bits per heavy atom. The highest BCUT2D eigenvalue weighted by molar-refractivity contribution is 9.10. The Balaban J connectivity index is 1.73. The second-order valence-electron chi connectivity index (χ2n) is 5.21. The lowest BCUT2D eigenvalue weighted by molar-refractivity contribution is -0.116. The van der Waals surface area contributed by atoms with E-state index < -0.39 is 0 Å². The number of carbonyl (C=O) groups excluding carboxylic acids is 1. The Bertz CT molecular complexity index is 906. The average molecular weight is 473 g/mol. The summed E-state index contributed by atoms with van der Waals surface area (Å²) in [4.78, 5) is 11.1. The molecule has 1 N–H and O–H groups in total. The molecule has 0 aromatic heterocycles. The van der Waals surface area contributed by atoms with E-state index >= 15 is 0 Å². The molecular formula is C17H12BrCl2N3O2S. The number of nitrogens with zero attached hydrogens (tertiary/aromatic N) is 2. The number of thioether (sulfide) groups is 1. The minimum Gasteiger partial charge on any atom is -0.488 e. The number of halogens is 3. The van der Waals surface area contributed by atoms with Crippen LogP contribution in [0.25, 0.3) is 0 Å². The summed E-state index contributed by atoms with van der Waals surface area (Å²) < 4.78 is 6.76. The molecule has 5 nitrogen and oxygen atoms in total. The van der Waals surface area contributed by atoms with E-state index in [0.29, 0.717) is 33.3 Å². The second-order valence-corrected chi connectivity index (χ2v) is 7.90. The molecule has 0 bridgehead atoms. The molecule has 26 heavy (non-hydrogen) atoms. The van der Waals surface area contributed by atoms with Gasteiger partial charge < -0.3 is 10.1 Å². The zero-order valence-corrected chi connectivity index (χ0v) is 17.1. The molecule has 0 radical (unpaired) electrons. The number of amidine groups is 1. The Morgan fingerprint density at radius 2 is 2.08 bits per heavy atom. The number of hydrogen-bond donors (Lipinski definition) is 1. The van der Waals surface area contributed by atoms with Crippen LogP contribution >= 0.6 is 50.9 Å². The van der Waals surface area contributed by atoms with E-state index in [0.717, 1.165) is 15.6 Å². The Morgan fingerprint density at radius 1 is 1.23 bits per heavy atom. The quantitative estimate of drug-likeness (QED) is 0.497. The lowest BCUT2D eigenvalue weighted by Gasteiger charge is -2.10. The first-order chi connectivity index (χ1) is 12.5. The lowest BCUT2D eigenvalue weighted by atomic mass is 10.2. The number of benzene rings is 2. The molecule has 0 aliphatic carbocycles. The van der Waals surface area contributed by atoms with E-state index in [4.69, 9.17) is 27.9 Å². The van der Waals surface area contributed by atoms with Gasteiger partial charge in [0.2, 0.25) is 5.91 Å². The van der Waals surface area contributed by atoms with E-state index in [1.807, 2.05) is 24.3 Å². The first-order valence-electron chi connectivity index (χ1n) is 7.41. The van der Waals surface area contributed by atoms with Crippen LogP contribution in [0.1, 0.15) is 11.1 Å². The van der Waals surface area contributed by atoms with Gasteiger partial charge in [0.25, 0.3) is 0 Å². The molecule has 0 atom stereocenters. The summed E-state index contributed by atoms with van der Waals surface area (Å²) in [5.74, 6) is 0.937. The van der Waals surface area contributed by atoms with Crippen LogP contribution in [0.4, 0.5) is 0 Å². The number of amides is 1. The molecule has 0 saturated carbocycles. The summed E-state index contributed by atoms with van der Waals surface area (Å²) in [5, 5.41) is 12.1. The van der Waals surface area contributed by atoms with Crippen molar-refractivity contribution in [3.8, 4) is 5.75 Å². The average Bonchev–Trinajstić information content (AvgIpc) is 3.02. The van der Waals surface area contributed by atoms with Crippen molar-refractivity contribution in [1.29, 1.82) is 0 Å². The molecule has 1 aliphatic heterocycles. The standard InChI is InChI=1S/C17H12BrCl2N3O2S/c18-12-2-4-15(25-8-10-1-3-13(19)14(20)5-10)11(6-12)7-21-23-17-22-16(24)9-26-17/h1-7H,8-9H2,(H,22,23,24). The molecule has 1 saturated heterocycles. The minimum atomic E-state index is -0.0722. The maximum Gasteiger partial charge on any atom is 0.236 e. The predicted molar refractivity (Wildman–Crippen MR) is 111 cm³/mol. The van der Waals surface area contributed by atoms with Gasteiger partial charge in [-0.3, -0.25) is 4.79 Å². The van der Waals surface area contributed by atoms with Crippen LogP contribution in [0, 0.1) is 0 Å². The van der Waals surface area contributed by atoms with Gasteiger partial charge in [-0.15, -0.1) is 5.10 Å². The molecule has 1 heterocycles. The van der Waals surface area contributed by atoms with Crippen molar-refractivity contribution < 1.29 is 9.53 Å². The van der Waals surface area contributed by atoms with E-state index in [2.05, 4.69) is 31.4 Å². The SMILES string of the molecule is O=C1CSC(=NN=Cc2cc(Br)ccc2OCc2ccc(Cl)c(Cl)c2)N1. The molecule has 1 aliphatic rings. The molecule has 3 rings (SSSR count). The fourth-order valence-corrected chi connectivity index (χ4v) is 3.40. The summed E-state index contributed by atoms with van der Waals surface area (Å²) in [6.07, 6.45) is 1.58. The highest BCUT2D eigenvalue weighted by Crippen LogP contribution is 2.25. The first-order valence-corrected chi connectivity index (χ1v) is 9.94. The minimum absolute atomic E-state index is 0.0722. The third-order valence-corrected chi connectivity index (χ3v) is 5.38. The molecule has 0 unspecified atom stereocenters. The summed E-state index contributed by atoms with van der Waals surface area (Å²) in [5.41, 5.74) is 1.65. The second kappa shape index (κ2) is 8.90. The largest absolute Gasteiger partial charge is 0.488 e. The molecule has 2 aromatic rings. The van der Waals surface area contributed by atoms with Gasteiger partial charge in [0.1, 0.15) is 12.4 Å². The topological polar surface area (TPSA) is 63.0 Å². The third-order valence-electron chi connectivity index (χ3n) is 3.28. The van der Waals surface area contributed by atoms with Gasteiger partial charge in [0, 0.05) is 10.0 Å². The van der Waals surface area contributed by atoms with Crippen LogP contribution in [-0.4, -0.2) is 23.0 Å². The van der Waals surface area contributed by atoms with Crippen molar-refractivity contribution in [2.75, 3.05) is 5.75 Å². The number of nitrogens with one attached hydrogen (secondary N) is 1. The molecule has 0 spiro atoms. The van der Waals surface area contributed by atoms with Gasteiger partial charge in [-0.05, 0) is 35.9 Å². The Hall–Kier alpha value is -1.54. The van der Waals surface area contributed by atoms with Gasteiger partial charge in [-0.25, -0.2) is 0 Å². The summed E-state index contributed by atoms with van der Waals surface area (Å²) in [7, 11) is 0. The summed E-state index contributed by atoms with van der Waals surface area (Å²) in [6.45, 7) is 0.333. The van der Waals surface area contributed by atoms with Gasteiger partial charge in [-0.2, -0.15) is 5.10 Å². The van der Waals surface area contributed by atoms with E-state index in [-0.39, 0.29) is 5.91 Å². The molecule has 9 heteroatoms. The zero-order valence-electron chi connectivity index (χ0n) is 13.2. The van der Waals surface area contributed by atoms with Crippen LogP contribution in [-0.2, 0) is 11.4 Å². The third kappa shape index (κ3) is 5.23. The molecule has 1 amide bonds. The van der Waals surface area contributed by atoms with Crippen molar-refractivity contribution >= 4 is 68.2 Å². The van der Waals surface area contributed by atoms with Gasteiger partial charge in [0.05, 0.1) is 22.0 Å². The van der Waals surface area contributed by atoms with Gasteiger partial charge >= 0.3 is 0 Å². The Kier molecular flexibility index (Phi) is 6.58. The van der Waals surface area contributed by atoms with Gasteiger partial charge in [0.15, 0.2) is 5.17 Å². The van der Waals surface area contributed by atoms with Gasteiger partial charge in [-0.1, -0.05) is 57.0 Å². The predicted octanol–water partition coefficient (Wildman–Crippen LogP) is 4.89. The van der Waals surface area contributed by atoms with E-state index in [1.54, 1.807) is 18.3 Å². The number of carbonyl (C=O) groups is 1. The van der Waals surface area contributed by atoms with Crippen molar-refractivity contribution in [3.05, 3.63) is 62.0 Å². The Labute approximate surface area is 172 Å². The van der Waals surface area contributed by atoms with E-state index in [1.165, 1.54) is 11.8 Å². The van der Waals surface area contributed by atoms with Crippen molar-refractivity contribution in [2.45, 2.75) is 6.61 Å². The zero-order chi connectivity index (χ0) is 18.5. The monoisotopic (exact) mass is 471 g/mol. The van der Waals surface area contributed by atoms with Crippen molar-refractivity contribution in [1.82, 2.24) is 5.32 Å². The van der Waals surface area contributed by atoms with Crippen molar-refractivity contribution in [3.63, 3.8) is 0 Å². The highest BCUT2D eigenvalue weighted by Gasteiger charge is 2.16. The summed E-state index contributed by atoms with van der Waals surface area (Å²) >= 11 is 16.7. The molecule has 2 aromatic carbocycles. The van der Waals surface area contributed by atoms with Crippen LogP contribution in [0.15, 0.2) is 51.1 Å². The maximum absolute atomic E-state index is 11.1. The van der Waals surface area contributed by atoms with Crippen LogP contribution < -0.4 is 10.1 Å². The smallest absolute Gasteiger partial charge is 0.236 e. The molecule has 1 fully saturated rings. The fraction of sp³-hybridized carbons (Fsp3) is 0.118. The summed E-state index contributed by atoms with van der Waals surface area (Å²) in [6, 6.07) is 10.9. The van der Waals surface area contributed by atoms with Crippen molar-refractivity contribution in [2.24, 2.45) is 10.2 Å². The van der Waals surface area contributed by atoms with Crippen LogP contribution in [0.5, 0.6) is 5.75 Å². The number of hydrogen-bond acceptors (Lipinski definition) is 5. The normalized spacial score (nSPS) is 15.7. The lowest BCUT2D eigenvalue weighted by Crippen LogP contribution is -2.19. The van der Waals surface area contributed by atoms with Crippen LogP contribution in [0.3, 0.4) is 0 Å². The first kappa shape index (κ1) is 19.2. The molecular weight excluding hydrogens is 461 g/mol. The van der Waals surface area contributed by atoms with Crippen LogP contribution in [0.2, 0.25) is 10.0 Å².